The quantitative estimate of drug-likeness (QED) is 0.176. The number of hydrogen-bond donors (Lipinski definition) is 0. The normalized spacial score (nSPS) is 11.5. The summed E-state index contributed by atoms with van der Waals surface area (Å²) in [5.41, 5.74) is 12.3. The molecule has 0 aliphatic carbocycles. The van der Waals surface area contributed by atoms with Crippen LogP contribution in [0.5, 0.6) is 0 Å². The topological polar surface area (TPSA) is 16.4 Å². The average molecular weight is 664 g/mol. The number of furan rings is 1. The molecule has 0 saturated heterocycles. The van der Waals surface area contributed by atoms with E-state index in [0.717, 1.165) is 55.5 Å². The minimum absolute atomic E-state index is 0.905. The van der Waals surface area contributed by atoms with Crippen LogP contribution in [0.25, 0.3) is 76.9 Å². The summed E-state index contributed by atoms with van der Waals surface area (Å²) in [4.78, 5) is 2.38. The summed E-state index contributed by atoms with van der Waals surface area (Å²) in [5.74, 6) is 0. The van der Waals surface area contributed by atoms with E-state index in [-0.39, 0.29) is 0 Å². The summed E-state index contributed by atoms with van der Waals surface area (Å²) in [6.07, 6.45) is 0. The standard InChI is InChI=1S/C50H33NO/c1-3-11-34(12-4-1)35-19-25-40(26-20-35)51(48-31-30-42(37-13-5-2-6-14-37)44-17-9-10-18-45(44)48)41-27-21-36(22-28-41)39-24-32-49-47(33-39)46-29-23-38-15-7-8-16-43(38)50(46)52-49/h1-33H. The van der Waals surface area contributed by atoms with Gasteiger partial charge in [0.05, 0.1) is 5.69 Å². The third-order valence-electron chi connectivity index (χ3n) is 10.3. The van der Waals surface area contributed by atoms with Crippen LogP contribution in [0.3, 0.4) is 0 Å². The third kappa shape index (κ3) is 5.12. The van der Waals surface area contributed by atoms with Crippen molar-refractivity contribution in [3.05, 3.63) is 200 Å². The fourth-order valence-corrected chi connectivity index (χ4v) is 7.70. The summed E-state index contributed by atoms with van der Waals surface area (Å²) in [6.45, 7) is 0. The maximum atomic E-state index is 6.41. The Balaban J connectivity index is 1.09. The Bertz CT molecular complexity index is 2870. The van der Waals surface area contributed by atoms with E-state index in [9.17, 15) is 0 Å². The second-order valence-electron chi connectivity index (χ2n) is 13.3. The van der Waals surface area contributed by atoms with Gasteiger partial charge in [-0.1, -0.05) is 152 Å². The molecule has 244 valence electrons. The summed E-state index contributed by atoms with van der Waals surface area (Å²) < 4.78 is 6.41. The molecule has 2 nitrogen and oxygen atoms in total. The molecule has 0 amide bonds. The molecular formula is C50H33NO. The summed E-state index contributed by atoms with van der Waals surface area (Å²) in [7, 11) is 0. The van der Waals surface area contributed by atoms with Crippen LogP contribution in [0, 0.1) is 0 Å². The van der Waals surface area contributed by atoms with E-state index in [1.165, 1.54) is 38.4 Å². The van der Waals surface area contributed by atoms with Crippen LogP contribution < -0.4 is 4.90 Å². The van der Waals surface area contributed by atoms with Gasteiger partial charge in [0, 0.05) is 32.9 Å². The molecule has 10 rings (SSSR count). The van der Waals surface area contributed by atoms with E-state index in [1.807, 2.05) is 0 Å². The molecule has 0 bridgehead atoms. The van der Waals surface area contributed by atoms with Gasteiger partial charge in [-0.3, -0.25) is 0 Å². The first kappa shape index (κ1) is 30.0. The summed E-state index contributed by atoms with van der Waals surface area (Å²) >= 11 is 0. The van der Waals surface area contributed by atoms with Crippen LogP contribution in [-0.2, 0) is 0 Å². The zero-order chi connectivity index (χ0) is 34.4. The second kappa shape index (κ2) is 12.5. The first-order valence-corrected chi connectivity index (χ1v) is 17.8. The molecular weight excluding hydrogens is 631 g/mol. The van der Waals surface area contributed by atoms with Crippen molar-refractivity contribution in [3.8, 4) is 33.4 Å². The number of benzene rings is 9. The van der Waals surface area contributed by atoms with Gasteiger partial charge in [0.15, 0.2) is 0 Å². The smallest absolute Gasteiger partial charge is 0.143 e. The highest BCUT2D eigenvalue weighted by Gasteiger charge is 2.18. The van der Waals surface area contributed by atoms with Gasteiger partial charge < -0.3 is 9.32 Å². The average Bonchev–Trinajstić information content (AvgIpc) is 3.61. The van der Waals surface area contributed by atoms with E-state index in [2.05, 4.69) is 205 Å². The Morgan fingerprint density at radius 1 is 0.327 bits per heavy atom. The van der Waals surface area contributed by atoms with E-state index >= 15 is 0 Å². The minimum Gasteiger partial charge on any atom is -0.455 e. The number of anilines is 3. The van der Waals surface area contributed by atoms with E-state index < -0.39 is 0 Å². The van der Waals surface area contributed by atoms with Crippen molar-refractivity contribution in [1.82, 2.24) is 0 Å². The molecule has 2 heteroatoms. The van der Waals surface area contributed by atoms with Crippen molar-refractivity contribution in [2.45, 2.75) is 0 Å². The van der Waals surface area contributed by atoms with Crippen molar-refractivity contribution in [2.75, 3.05) is 4.90 Å². The highest BCUT2D eigenvalue weighted by Crippen LogP contribution is 2.43. The summed E-state index contributed by atoms with van der Waals surface area (Å²) in [6, 6.07) is 71.7. The molecule has 1 heterocycles. The lowest BCUT2D eigenvalue weighted by molar-refractivity contribution is 0.672. The van der Waals surface area contributed by atoms with Crippen LogP contribution in [0.2, 0.25) is 0 Å². The Kier molecular flexibility index (Phi) is 7.18. The number of nitrogens with zero attached hydrogens (tertiary/aromatic N) is 1. The van der Waals surface area contributed by atoms with Gasteiger partial charge in [-0.15, -0.1) is 0 Å². The minimum atomic E-state index is 0.905. The Morgan fingerprint density at radius 3 is 1.60 bits per heavy atom. The predicted molar refractivity (Wildman–Crippen MR) is 220 cm³/mol. The first-order valence-electron chi connectivity index (χ1n) is 17.8. The Hall–Kier alpha value is -6.90. The molecule has 0 aliphatic heterocycles. The monoisotopic (exact) mass is 663 g/mol. The van der Waals surface area contributed by atoms with Gasteiger partial charge in [0.1, 0.15) is 11.2 Å². The first-order chi connectivity index (χ1) is 25.8. The SMILES string of the molecule is c1ccc(-c2ccc(N(c3ccc(-c4ccc5oc6c7ccccc7ccc6c5c4)cc3)c3ccc(-c4ccccc4)c4ccccc34)cc2)cc1. The molecule has 0 saturated carbocycles. The molecule has 0 aliphatic rings. The van der Waals surface area contributed by atoms with Crippen molar-refractivity contribution in [3.63, 3.8) is 0 Å². The van der Waals surface area contributed by atoms with Crippen molar-refractivity contribution in [1.29, 1.82) is 0 Å². The van der Waals surface area contributed by atoms with E-state index in [1.54, 1.807) is 0 Å². The zero-order valence-electron chi connectivity index (χ0n) is 28.4. The van der Waals surface area contributed by atoms with Crippen molar-refractivity contribution < 1.29 is 4.42 Å². The van der Waals surface area contributed by atoms with Gasteiger partial charge in [-0.2, -0.15) is 0 Å². The highest BCUT2D eigenvalue weighted by molar-refractivity contribution is 6.15. The lowest BCUT2D eigenvalue weighted by Crippen LogP contribution is -2.10. The number of hydrogen-bond acceptors (Lipinski definition) is 2. The molecule has 0 unspecified atom stereocenters. The largest absolute Gasteiger partial charge is 0.455 e. The molecule has 0 radical (unpaired) electrons. The van der Waals surface area contributed by atoms with Crippen molar-refractivity contribution >= 4 is 60.5 Å². The third-order valence-corrected chi connectivity index (χ3v) is 10.3. The maximum Gasteiger partial charge on any atom is 0.143 e. The lowest BCUT2D eigenvalue weighted by Gasteiger charge is -2.28. The van der Waals surface area contributed by atoms with Gasteiger partial charge in [0.25, 0.3) is 0 Å². The fraction of sp³-hybridized carbons (Fsp3) is 0. The lowest BCUT2D eigenvalue weighted by atomic mass is 9.96. The Morgan fingerprint density at radius 2 is 0.885 bits per heavy atom. The van der Waals surface area contributed by atoms with Crippen LogP contribution in [0.4, 0.5) is 17.1 Å². The Labute approximate surface area is 302 Å². The van der Waals surface area contributed by atoms with E-state index in [0.29, 0.717) is 0 Å². The van der Waals surface area contributed by atoms with Crippen LogP contribution in [-0.4, -0.2) is 0 Å². The van der Waals surface area contributed by atoms with Crippen LogP contribution in [0.1, 0.15) is 0 Å². The molecule has 0 atom stereocenters. The molecule has 9 aromatic carbocycles. The second-order valence-corrected chi connectivity index (χ2v) is 13.3. The number of rotatable bonds is 6. The van der Waals surface area contributed by atoms with Gasteiger partial charge in [-0.25, -0.2) is 0 Å². The fourth-order valence-electron chi connectivity index (χ4n) is 7.70. The molecule has 0 N–H and O–H groups in total. The summed E-state index contributed by atoms with van der Waals surface area (Å²) in [5, 5.41) is 7.03. The number of fused-ring (bicyclic) bond motifs is 6. The molecule has 52 heavy (non-hydrogen) atoms. The molecule has 1 aromatic heterocycles. The van der Waals surface area contributed by atoms with Gasteiger partial charge in [-0.05, 0) is 92.7 Å². The van der Waals surface area contributed by atoms with E-state index in [4.69, 9.17) is 4.42 Å². The predicted octanol–water partition coefficient (Wildman–Crippen LogP) is 14.4. The zero-order valence-corrected chi connectivity index (χ0v) is 28.4. The van der Waals surface area contributed by atoms with Gasteiger partial charge in [0.2, 0.25) is 0 Å². The van der Waals surface area contributed by atoms with Crippen LogP contribution >= 0.6 is 0 Å². The molecule has 0 spiro atoms. The van der Waals surface area contributed by atoms with Crippen LogP contribution in [0.15, 0.2) is 205 Å². The molecule has 10 aromatic rings. The highest BCUT2D eigenvalue weighted by atomic mass is 16.3. The molecule has 0 fully saturated rings. The maximum absolute atomic E-state index is 6.41. The van der Waals surface area contributed by atoms with Crippen molar-refractivity contribution in [2.24, 2.45) is 0 Å². The van der Waals surface area contributed by atoms with Gasteiger partial charge >= 0.3 is 0 Å².